The highest BCUT2D eigenvalue weighted by molar-refractivity contribution is 5.76. The molecule has 0 unspecified atom stereocenters. The number of para-hydroxylation sites is 2. The number of ether oxygens (including phenoxy) is 2. The Morgan fingerprint density at radius 1 is 1.12 bits per heavy atom. The Balaban J connectivity index is 1.23. The predicted molar refractivity (Wildman–Crippen MR) is 127 cm³/mol. The van der Waals surface area contributed by atoms with Gasteiger partial charge < -0.3 is 19.7 Å². The van der Waals surface area contributed by atoms with Crippen molar-refractivity contribution in [3.63, 3.8) is 0 Å². The number of amides is 2. The highest BCUT2D eigenvalue weighted by Gasteiger charge is 2.48. The van der Waals surface area contributed by atoms with Crippen molar-refractivity contribution in [1.82, 2.24) is 15.1 Å². The number of benzene rings is 1. The summed E-state index contributed by atoms with van der Waals surface area (Å²) in [4.78, 5) is 29.7. The average Bonchev–Trinajstić information content (AvgIpc) is 2.83. The molecule has 3 heterocycles. The number of hydrogen-bond acceptors (Lipinski definition) is 5. The molecule has 3 aliphatic heterocycles. The summed E-state index contributed by atoms with van der Waals surface area (Å²) < 4.78 is 11.0. The normalized spacial score (nSPS) is 26.9. The number of likely N-dealkylation sites (tertiary alicyclic amines) is 1. The lowest BCUT2D eigenvalue weighted by Gasteiger charge is -2.57. The van der Waals surface area contributed by atoms with Crippen LogP contribution in [0.15, 0.2) is 24.3 Å². The molecule has 3 aliphatic rings. The van der Waals surface area contributed by atoms with Crippen LogP contribution in [-0.4, -0.2) is 73.6 Å². The van der Waals surface area contributed by atoms with E-state index < -0.39 is 0 Å². The standard InChI is InChI=1S/C26H39N3O4/c1-19(30)29-18-20-8-6-15-28-16-7-9-21(26(20)28)22(29)10-5-13-25(31)27-14-17-33-24-12-4-3-11-23(24)32-2/h3-4,11-12,20-22,26H,5-10,13-18H2,1-2H3,(H,27,31)/t20-,21+,22+,26-/m0/s1. The lowest BCUT2D eigenvalue weighted by atomic mass is 9.69. The number of piperidine rings is 3. The molecule has 1 N–H and O–H groups in total. The van der Waals surface area contributed by atoms with Gasteiger partial charge in [0.2, 0.25) is 11.8 Å². The van der Waals surface area contributed by atoms with Gasteiger partial charge >= 0.3 is 0 Å². The fourth-order valence-corrected chi connectivity index (χ4v) is 6.38. The van der Waals surface area contributed by atoms with Gasteiger partial charge in [0.15, 0.2) is 11.5 Å². The molecule has 7 heteroatoms. The predicted octanol–water partition coefficient (Wildman–Crippen LogP) is 3.08. The number of hydrogen-bond donors (Lipinski definition) is 1. The summed E-state index contributed by atoms with van der Waals surface area (Å²) in [5.41, 5.74) is 0. The Morgan fingerprint density at radius 3 is 2.64 bits per heavy atom. The van der Waals surface area contributed by atoms with E-state index in [1.165, 1.54) is 38.8 Å². The summed E-state index contributed by atoms with van der Waals surface area (Å²) in [5.74, 6) is 2.78. The maximum Gasteiger partial charge on any atom is 0.220 e. The van der Waals surface area contributed by atoms with Crippen LogP contribution in [0, 0.1) is 11.8 Å². The minimum absolute atomic E-state index is 0.0459. The first-order valence-electron chi connectivity index (χ1n) is 12.6. The molecule has 0 radical (unpaired) electrons. The van der Waals surface area contributed by atoms with E-state index in [1.54, 1.807) is 14.0 Å². The summed E-state index contributed by atoms with van der Waals surface area (Å²) in [5, 5.41) is 2.96. The number of rotatable bonds is 9. The second-order valence-corrected chi connectivity index (χ2v) is 9.72. The Labute approximate surface area is 197 Å². The minimum atomic E-state index is 0.0459. The van der Waals surface area contributed by atoms with Gasteiger partial charge in [-0.15, -0.1) is 0 Å². The van der Waals surface area contributed by atoms with E-state index in [0.29, 0.717) is 48.9 Å². The Kier molecular flexibility index (Phi) is 8.12. The van der Waals surface area contributed by atoms with Gasteiger partial charge in [0.05, 0.1) is 13.7 Å². The van der Waals surface area contributed by atoms with Crippen LogP contribution in [-0.2, 0) is 9.59 Å². The van der Waals surface area contributed by atoms with Crippen molar-refractivity contribution in [1.29, 1.82) is 0 Å². The summed E-state index contributed by atoms with van der Waals surface area (Å²) in [6, 6.07) is 8.40. The highest BCUT2D eigenvalue weighted by Crippen LogP contribution is 2.43. The maximum absolute atomic E-state index is 12.5. The van der Waals surface area contributed by atoms with Crippen LogP contribution in [0.25, 0.3) is 0 Å². The Bertz CT molecular complexity index is 814. The molecule has 33 heavy (non-hydrogen) atoms. The molecule has 3 saturated heterocycles. The fourth-order valence-electron chi connectivity index (χ4n) is 6.38. The number of nitrogens with one attached hydrogen (secondary N) is 1. The lowest BCUT2D eigenvalue weighted by Crippen LogP contribution is -2.65. The molecule has 0 aliphatic carbocycles. The van der Waals surface area contributed by atoms with Gasteiger partial charge in [-0.05, 0) is 75.6 Å². The van der Waals surface area contributed by atoms with E-state index in [0.717, 1.165) is 19.4 Å². The molecule has 0 spiro atoms. The lowest BCUT2D eigenvalue weighted by molar-refractivity contribution is -0.144. The number of carbonyl (C=O) groups excluding carboxylic acids is 2. The van der Waals surface area contributed by atoms with Crippen LogP contribution in [0.5, 0.6) is 11.5 Å². The van der Waals surface area contributed by atoms with Crippen LogP contribution in [0.2, 0.25) is 0 Å². The molecule has 4 atom stereocenters. The Hall–Kier alpha value is -2.28. The van der Waals surface area contributed by atoms with E-state index >= 15 is 0 Å². The molecule has 0 aromatic heterocycles. The second kappa shape index (κ2) is 11.2. The van der Waals surface area contributed by atoms with Crippen LogP contribution in [0.1, 0.15) is 51.9 Å². The summed E-state index contributed by atoms with van der Waals surface area (Å²) in [6.45, 7) is 5.89. The van der Waals surface area contributed by atoms with Gasteiger partial charge in [0.25, 0.3) is 0 Å². The van der Waals surface area contributed by atoms with Crippen LogP contribution in [0.3, 0.4) is 0 Å². The van der Waals surface area contributed by atoms with Gasteiger partial charge in [-0.3, -0.25) is 14.5 Å². The third-order valence-electron chi connectivity index (χ3n) is 7.73. The van der Waals surface area contributed by atoms with Gasteiger partial charge in [0.1, 0.15) is 6.61 Å². The van der Waals surface area contributed by atoms with Crippen molar-refractivity contribution in [3.8, 4) is 11.5 Å². The summed E-state index contributed by atoms with van der Waals surface area (Å²) in [7, 11) is 1.61. The molecular weight excluding hydrogens is 418 g/mol. The third-order valence-corrected chi connectivity index (χ3v) is 7.73. The van der Waals surface area contributed by atoms with Crippen molar-refractivity contribution >= 4 is 11.8 Å². The average molecular weight is 458 g/mol. The Morgan fingerprint density at radius 2 is 1.88 bits per heavy atom. The van der Waals surface area contributed by atoms with Crippen LogP contribution < -0.4 is 14.8 Å². The van der Waals surface area contributed by atoms with Gasteiger partial charge in [-0.25, -0.2) is 0 Å². The molecule has 182 valence electrons. The highest BCUT2D eigenvalue weighted by atomic mass is 16.5. The van der Waals surface area contributed by atoms with Crippen molar-refractivity contribution in [2.24, 2.45) is 11.8 Å². The molecular formula is C26H39N3O4. The van der Waals surface area contributed by atoms with Crippen molar-refractivity contribution < 1.29 is 19.1 Å². The second-order valence-electron chi connectivity index (χ2n) is 9.72. The van der Waals surface area contributed by atoms with Crippen molar-refractivity contribution in [2.75, 3.05) is 39.9 Å². The molecule has 1 aromatic carbocycles. The largest absolute Gasteiger partial charge is 0.493 e. The van der Waals surface area contributed by atoms with E-state index in [4.69, 9.17) is 9.47 Å². The number of carbonyl (C=O) groups is 2. The van der Waals surface area contributed by atoms with Crippen molar-refractivity contribution in [2.45, 2.75) is 64.0 Å². The maximum atomic E-state index is 12.5. The monoisotopic (exact) mass is 457 g/mol. The third kappa shape index (κ3) is 5.62. The first-order valence-corrected chi connectivity index (χ1v) is 12.6. The topological polar surface area (TPSA) is 71.1 Å². The first kappa shape index (κ1) is 23.9. The summed E-state index contributed by atoms with van der Waals surface area (Å²) in [6.07, 6.45) is 7.13. The molecule has 4 rings (SSSR count). The molecule has 0 saturated carbocycles. The van der Waals surface area contributed by atoms with Gasteiger partial charge in [-0.1, -0.05) is 12.1 Å². The van der Waals surface area contributed by atoms with E-state index in [1.807, 2.05) is 24.3 Å². The zero-order valence-electron chi connectivity index (χ0n) is 20.1. The smallest absolute Gasteiger partial charge is 0.220 e. The summed E-state index contributed by atoms with van der Waals surface area (Å²) >= 11 is 0. The van der Waals surface area contributed by atoms with E-state index in [9.17, 15) is 9.59 Å². The SMILES string of the molecule is COc1ccccc1OCCNC(=O)CCC[C@@H]1[C@H]2CCCN3CCC[C@@H](CN1C(C)=O)[C@@H]23. The van der Waals surface area contributed by atoms with E-state index in [-0.39, 0.29) is 17.9 Å². The van der Waals surface area contributed by atoms with Crippen LogP contribution >= 0.6 is 0 Å². The first-order chi connectivity index (χ1) is 16.1. The van der Waals surface area contributed by atoms with Gasteiger partial charge in [0, 0.05) is 32.0 Å². The van der Waals surface area contributed by atoms with Gasteiger partial charge in [-0.2, -0.15) is 0 Å². The molecule has 3 fully saturated rings. The molecule has 1 aromatic rings. The minimum Gasteiger partial charge on any atom is -0.493 e. The number of nitrogens with zero attached hydrogens (tertiary/aromatic N) is 2. The van der Waals surface area contributed by atoms with Crippen molar-refractivity contribution in [3.05, 3.63) is 24.3 Å². The molecule has 2 amide bonds. The van der Waals surface area contributed by atoms with E-state index in [2.05, 4.69) is 15.1 Å². The fraction of sp³-hybridized carbons (Fsp3) is 0.692. The molecule has 0 bridgehead atoms. The molecule has 7 nitrogen and oxygen atoms in total. The number of methoxy groups -OCH3 is 1. The quantitative estimate of drug-likeness (QED) is 0.577. The van der Waals surface area contributed by atoms with Crippen LogP contribution in [0.4, 0.5) is 0 Å². The zero-order valence-corrected chi connectivity index (χ0v) is 20.1. The zero-order chi connectivity index (χ0) is 23.2.